The van der Waals surface area contributed by atoms with E-state index in [0.717, 1.165) is 41.5 Å². The lowest BCUT2D eigenvalue weighted by molar-refractivity contribution is -0.125. The van der Waals surface area contributed by atoms with Gasteiger partial charge in [-0.15, -0.1) is 0 Å². The van der Waals surface area contributed by atoms with E-state index in [1.54, 1.807) is 4.68 Å². The van der Waals surface area contributed by atoms with Gasteiger partial charge >= 0.3 is 0 Å². The number of hydrogen-bond donors (Lipinski definition) is 3. The predicted molar refractivity (Wildman–Crippen MR) is 100 cm³/mol. The average molecular weight is 414 g/mol. The molecular formula is C17H28BrN5O2. The van der Waals surface area contributed by atoms with Gasteiger partial charge in [-0.25, -0.2) is 0 Å². The lowest BCUT2D eigenvalue weighted by Gasteiger charge is -2.30. The minimum absolute atomic E-state index is 0.0127. The number of aromatic nitrogens is 2. The molecule has 2 amide bonds. The highest BCUT2D eigenvalue weighted by molar-refractivity contribution is 9.10. The smallest absolute Gasteiger partial charge is 0.244 e. The molecule has 8 heteroatoms. The molecule has 0 bridgehead atoms. The molecule has 0 aromatic carbocycles. The number of hydrogen-bond acceptors (Lipinski definition) is 4. The van der Waals surface area contributed by atoms with Crippen LogP contribution in [0.3, 0.4) is 0 Å². The van der Waals surface area contributed by atoms with Crippen molar-refractivity contribution in [3.63, 3.8) is 0 Å². The molecule has 0 radical (unpaired) electrons. The van der Waals surface area contributed by atoms with Crippen molar-refractivity contribution >= 4 is 27.7 Å². The summed E-state index contributed by atoms with van der Waals surface area (Å²) in [6.45, 7) is 6.10. The second-order valence-corrected chi connectivity index (χ2v) is 7.56. The molecule has 2 rings (SSSR count). The largest absolute Gasteiger partial charge is 0.353 e. The zero-order valence-electron chi connectivity index (χ0n) is 15.1. The van der Waals surface area contributed by atoms with Gasteiger partial charge in [0.2, 0.25) is 11.8 Å². The van der Waals surface area contributed by atoms with Gasteiger partial charge in [0.25, 0.3) is 0 Å². The Bertz CT molecular complexity index is 623. The van der Waals surface area contributed by atoms with E-state index < -0.39 is 0 Å². The van der Waals surface area contributed by atoms with Crippen molar-refractivity contribution in [2.75, 3.05) is 6.54 Å². The van der Waals surface area contributed by atoms with E-state index in [1.807, 2.05) is 20.8 Å². The molecule has 1 aliphatic carbocycles. The topological polar surface area (TPSA) is 102 Å². The molecule has 1 atom stereocenters. The van der Waals surface area contributed by atoms with Gasteiger partial charge in [-0.2, -0.15) is 5.10 Å². The summed E-state index contributed by atoms with van der Waals surface area (Å²) in [5.41, 5.74) is 7.22. The fourth-order valence-corrected chi connectivity index (χ4v) is 3.53. The summed E-state index contributed by atoms with van der Waals surface area (Å²) in [4.78, 5) is 24.2. The molecule has 7 nitrogen and oxygen atoms in total. The van der Waals surface area contributed by atoms with E-state index in [4.69, 9.17) is 5.73 Å². The van der Waals surface area contributed by atoms with Gasteiger partial charge in [0, 0.05) is 25.0 Å². The zero-order chi connectivity index (χ0) is 18.6. The maximum atomic E-state index is 12.6. The van der Waals surface area contributed by atoms with Gasteiger partial charge in [-0.1, -0.05) is 0 Å². The van der Waals surface area contributed by atoms with E-state index in [0.29, 0.717) is 13.0 Å². The zero-order valence-corrected chi connectivity index (χ0v) is 16.7. The number of aryl methyl sites for hydroxylation is 1. The van der Waals surface area contributed by atoms with Crippen LogP contribution in [-0.4, -0.2) is 40.2 Å². The summed E-state index contributed by atoms with van der Waals surface area (Å²) in [6.07, 6.45) is 3.86. The van der Waals surface area contributed by atoms with Gasteiger partial charge in [0.15, 0.2) is 0 Å². The Morgan fingerprint density at radius 1 is 1.24 bits per heavy atom. The Hall–Kier alpha value is -1.41. The predicted octanol–water partition coefficient (Wildman–Crippen LogP) is 1.72. The van der Waals surface area contributed by atoms with Crippen LogP contribution in [0, 0.1) is 13.8 Å². The highest BCUT2D eigenvalue weighted by Gasteiger charge is 2.26. The van der Waals surface area contributed by atoms with Crippen molar-refractivity contribution in [1.29, 1.82) is 0 Å². The van der Waals surface area contributed by atoms with Crippen molar-refractivity contribution in [3.05, 3.63) is 15.9 Å². The SMILES string of the molecule is Cc1nn(C(C)C(=O)N[C@H]2CC[C@H](NC(=O)CCN)CC2)c(C)c1Br. The monoisotopic (exact) mass is 413 g/mol. The fraction of sp³-hybridized carbons (Fsp3) is 0.706. The molecule has 1 aromatic rings. The van der Waals surface area contributed by atoms with Crippen molar-refractivity contribution in [1.82, 2.24) is 20.4 Å². The third-order valence-electron chi connectivity index (χ3n) is 4.79. The molecule has 0 saturated heterocycles. The Kier molecular flexibility index (Phi) is 7.01. The molecule has 1 aromatic heterocycles. The lowest BCUT2D eigenvalue weighted by atomic mass is 9.91. The van der Waals surface area contributed by atoms with Gasteiger partial charge < -0.3 is 16.4 Å². The summed E-state index contributed by atoms with van der Waals surface area (Å²) in [5, 5.41) is 10.6. The number of rotatable bonds is 6. The van der Waals surface area contributed by atoms with E-state index in [1.165, 1.54) is 0 Å². The van der Waals surface area contributed by atoms with Crippen molar-refractivity contribution in [2.24, 2.45) is 5.73 Å². The normalized spacial score (nSPS) is 21.6. The van der Waals surface area contributed by atoms with Crippen LogP contribution in [0.2, 0.25) is 0 Å². The first-order chi connectivity index (χ1) is 11.8. The van der Waals surface area contributed by atoms with Crippen LogP contribution in [-0.2, 0) is 9.59 Å². The van der Waals surface area contributed by atoms with E-state index in [2.05, 4.69) is 31.7 Å². The van der Waals surface area contributed by atoms with Crippen LogP contribution in [0.1, 0.15) is 56.5 Å². The molecule has 1 aliphatic rings. The number of halogens is 1. The summed E-state index contributed by atoms with van der Waals surface area (Å²) in [6, 6.07) is -0.0124. The first-order valence-electron chi connectivity index (χ1n) is 8.84. The number of nitrogens with zero attached hydrogens (tertiary/aromatic N) is 2. The maximum Gasteiger partial charge on any atom is 0.244 e. The highest BCUT2D eigenvalue weighted by atomic mass is 79.9. The summed E-state index contributed by atoms with van der Waals surface area (Å²) >= 11 is 3.50. The van der Waals surface area contributed by atoms with Crippen LogP contribution in [0.25, 0.3) is 0 Å². The Labute approximate surface area is 157 Å². The minimum Gasteiger partial charge on any atom is -0.353 e. The molecule has 1 heterocycles. The van der Waals surface area contributed by atoms with Crippen molar-refractivity contribution in [2.45, 2.75) is 71.0 Å². The number of amides is 2. The lowest BCUT2D eigenvalue weighted by Crippen LogP contribution is -2.45. The summed E-state index contributed by atoms with van der Waals surface area (Å²) in [7, 11) is 0. The molecule has 1 fully saturated rings. The average Bonchev–Trinajstić information content (AvgIpc) is 2.83. The van der Waals surface area contributed by atoms with Crippen LogP contribution in [0.4, 0.5) is 0 Å². The highest BCUT2D eigenvalue weighted by Crippen LogP contribution is 2.24. The second-order valence-electron chi connectivity index (χ2n) is 6.77. The second kappa shape index (κ2) is 8.80. The molecule has 25 heavy (non-hydrogen) atoms. The maximum absolute atomic E-state index is 12.6. The minimum atomic E-state index is -0.355. The molecule has 0 spiro atoms. The summed E-state index contributed by atoms with van der Waals surface area (Å²) in [5.74, 6) is -0.00701. The molecule has 1 saturated carbocycles. The van der Waals surface area contributed by atoms with E-state index in [9.17, 15) is 9.59 Å². The van der Waals surface area contributed by atoms with Crippen LogP contribution in [0.15, 0.2) is 4.47 Å². The molecule has 0 aliphatic heterocycles. The van der Waals surface area contributed by atoms with Crippen LogP contribution >= 0.6 is 15.9 Å². The van der Waals surface area contributed by atoms with E-state index >= 15 is 0 Å². The number of nitrogens with one attached hydrogen (secondary N) is 2. The Morgan fingerprint density at radius 2 is 1.80 bits per heavy atom. The van der Waals surface area contributed by atoms with E-state index in [-0.39, 0.29) is 29.9 Å². The Morgan fingerprint density at radius 3 is 2.28 bits per heavy atom. The number of nitrogens with two attached hydrogens (primary N) is 1. The quantitative estimate of drug-likeness (QED) is 0.660. The molecular weight excluding hydrogens is 386 g/mol. The summed E-state index contributed by atoms with van der Waals surface area (Å²) < 4.78 is 2.70. The third kappa shape index (κ3) is 5.04. The standard InChI is InChI=1S/C17H28BrN5O2/c1-10-16(18)11(2)23(22-10)12(3)17(25)21-14-6-4-13(5-7-14)20-15(24)8-9-19/h12-14H,4-9,19H2,1-3H3,(H,20,24)(H,21,25)/t12?,13-,14-. The van der Waals surface area contributed by atoms with Crippen LogP contribution in [0.5, 0.6) is 0 Å². The van der Waals surface area contributed by atoms with Crippen molar-refractivity contribution < 1.29 is 9.59 Å². The van der Waals surface area contributed by atoms with Gasteiger partial charge in [-0.05, 0) is 62.4 Å². The first kappa shape index (κ1) is 19.9. The fourth-order valence-electron chi connectivity index (χ4n) is 3.27. The molecule has 1 unspecified atom stereocenters. The number of carbonyl (C=O) groups is 2. The number of carbonyl (C=O) groups excluding carboxylic acids is 2. The van der Waals surface area contributed by atoms with Crippen LogP contribution < -0.4 is 16.4 Å². The van der Waals surface area contributed by atoms with Gasteiger partial charge in [0.05, 0.1) is 15.9 Å². The first-order valence-corrected chi connectivity index (χ1v) is 9.63. The third-order valence-corrected chi connectivity index (χ3v) is 5.94. The van der Waals surface area contributed by atoms with Crippen molar-refractivity contribution in [3.8, 4) is 0 Å². The molecule has 4 N–H and O–H groups in total. The Balaban J connectivity index is 1.84. The van der Waals surface area contributed by atoms with Gasteiger partial charge in [0.1, 0.15) is 6.04 Å². The van der Waals surface area contributed by atoms with Gasteiger partial charge in [-0.3, -0.25) is 14.3 Å². The molecule has 140 valence electrons.